The minimum Gasteiger partial charge on any atom is -0.496 e. The Hall–Kier alpha value is -3.08. The Balaban J connectivity index is 1.79. The molecule has 0 aliphatic rings. The molecular weight excluding hydrogens is 288 g/mol. The van der Waals surface area contributed by atoms with Crippen LogP contribution in [0.2, 0.25) is 0 Å². The molecule has 2 heterocycles. The Morgan fingerprint density at radius 1 is 1.04 bits per heavy atom. The molecule has 5 heteroatoms. The molecule has 0 saturated heterocycles. The number of anilines is 1. The van der Waals surface area contributed by atoms with E-state index in [0.29, 0.717) is 6.54 Å². The number of benzene rings is 2. The lowest BCUT2D eigenvalue weighted by Crippen LogP contribution is -2.02. The van der Waals surface area contributed by atoms with Crippen LogP contribution in [0.5, 0.6) is 5.75 Å². The topological polar surface area (TPSA) is 62.8 Å². The fourth-order valence-corrected chi connectivity index (χ4v) is 2.79. The lowest BCUT2D eigenvalue weighted by Gasteiger charge is -2.06. The van der Waals surface area contributed by atoms with Crippen LogP contribution in [0.4, 0.5) is 5.82 Å². The quantitative estimate of drug-likeness (QED) is 0.603. The third-order valence-electron chi connectivity index (χ3n) is 3.89. The Bertz CT molecular complexity index is 963. The standard InChI is InChI=1S/C18H16N4O/c1-23-14-9-5-8-13-15(14)16-17(22-13)18(21-11-20-16)19-10-12-6-3-2-4-7-12/h2-9,11,22H,10H2,1H3,(H,19,20,21). The van der Waals surface area contributed by atoms with Gasteiger partial charge in [-0.2, -0.15) is 0 Å². The van der Waals surface area contributed by atoms with E-state index in [2.05, 4.69) is 32.4 Å². The number of hydrogen-bond acceptors (Lipinski definition) is 4. The van der Waals surface area contributed by atoms with Crippen LogP contribution < -0.4 is 10.1 Å². The summed E-state index contributed by atoms with van der Waals surface area (Å²) in [6, 6.07) is 16.1. The summed E-state index contributed by atoms with van der Waals surface area (Å²) in [5.74, 6) is 1.60. The predicted molar refractivity (Wildman–Crippen MR) is 91.7 cm³/mol. The van der Waals surface area contributed by atoms with Crippen molar-refractivity contribution in [3.8, 4) is 5.75 Å². The van der Waals surface area contributed by atoms with E-state index in [4.69, 9.17) is 4.74 Å². The fraction of sp³-hybridized carbons (Fsp3) is 0.111. The normalized spacial score (nSPS) is 11.0. The number of ether oxygens (including phenoxy) is 1. The van der Waals surface area contributed by atoms with Gasteiger partial charge in [0.2, 0.25) is 0 Å². The molecule has 0 bridgehead atoms. The van der Waals surface area contributed by atoms with Gasteiger partial charge < -0.3 is 15.0 Å². The van der Waals surface area contributed by atoms with Gasteiger partial charge in [-0.15, -0.1) is 0 Å². The minimum absolute atomic E-state index is 0.708. The third-order valence-corrected chi connectivity index (χ3v) is 3.89. The maximum absolute atomic E-state index is 5.46. The van der Waals surface area contributed by atoms with Crippen molar-refractivity contribution >= 4 is 27.8 Å². The first-order valence-corrected chi connectivity index (χ1v) is 7.44. The van der Waals surface area contributed by atoms with Crippen molar-refractivity contribution in [1.82, 2.24) is 15.0 Å². The zero-order valence-electron chi connectivity index (χ0n) is 12.7. The third kappa shape index (κ3) is 2.36. The van der Waals surface area contributed by atoms with Crippen molar-refractivity contribution in [2.24, 2.45) is 0 Å². The SMILES string of the molecule is COc1cccc2[nH]c3c(NCc4ccccc4)ncnc3c12. The van der Waals surface area contributed by atoms with Gasteiger partial charge in [0.25, 0.3) is 0 Å². The Morgan fingerprint density at radius 3 is 2.74 bits per heavy atom. The summed E-state index contributed by atoms with van der Waals surface area (Å²) in [4.78, 5) is 12.2. The van der Waals surface area contributed by atoms with E-state index in [1.807, 2.05) is 36.4 Å². The van der Waals surface area contributed by atoms with Gasteiger partial charge >= 0.3 is 0 Å². The molecule has 4 aromatic rings. The number of nitrogens with zero attached hydrogens (tertiary/aromatic N) is 2. The van der Waals surface area contributed by atoms with Gasteiger partial charge in [0, 0.05) is 6.54 Å². The maximum Gasteiger partial charge on any atom is 0.154 e. The summed E-state index contributed by atoms with van der Waals surface area (Å²) in [5, 5.41) is 4.36. The number of methoxy groups -OCH3 is 1. The molecule has 0 fully saturated rings. The molecule has 0 aliphatic heterocycles. The van der Waals surface area contributed by atoms with Gasteiger partial charge in [0.15, 0.2) is 5.82 Å². The van der Waals surface area contributed by atoms with Gasteiger partial charge in [-0.3, -0.25) is 0 Å². The van der Waals surface area contributed by atoms with E-state index in [1.165, 1.54) is 5.56 Å². The highest BCUT2D eigenvalue weighted by molar-refractivity contribution is 6.10. The first-order chi connectivity index (χ1) is 11.4. The van der Waals surface area contributed by atoms with Crippen molar-refractivity contribution in [1.29, 1.82) is 0 Å². The molecule has 4 rings (SSSR count). The number of aromatic nitrogens is 3. The predicted octanol–water partition coefficient (Wildman–Crippen LogP) is 3.73. The maximum atomic E-state index is 5.46. The highest BCUT2D eigenvalue weighted by Gasteiger charge is 2.13. The number of rotatable bonds is 4. The Labute approximate surface area is 133 Å². The lowest BCUT2D eigenvalue weighted by atomic mass is 10.2. The van der Waals surface area contributed by atoms with Crippen LogP contribution in [-0.2, 0) is 6.54 Å². The van der Waals surface area contributed by atoms with E-state index in [9.17, 15) is 0 Å². The van der Waals surface area contributed by atoms with Gasteiger partial charge in [-0.05, 0) is 17.7 Å². The van der Waals surface area contributed by atoms with Crippen LogP contribution in [-0.4, -0.2) is 22.1 Å². The highest BCUT2D eigenvalue weighted by Crippen LogP contribution is 2.33. The largest absolute Gasteiger partial charge is 0.496 e. The molecule has 114 valence electrons. The molecule has 0 unspecified atom stereocenters. The number of fused-ring (bicyclic) bond motifs is 3. The first-order valence-electron chi connectivity index (χ1n) is 7.44. The lowest BCUT2D eigenvalue weighted by molar-refractivity contribution is 0.420. The van der Waals surface area contributed by atoms with Gasteiger partial charge in [0.1, 0.15) is 23.1 Å². The molecule has 0 amide bonds. The van der Waals surface area contributed by atoms with Crippen LogP contribution in [0.15, 0.2) is 54.9 Å². The monoisotopic (exact) mass is 304 g/mol. The van der Waals surface area contributed by atoms with Crippen LogP contribution in [0.1, 0.15) is 5.56 Å². The molecule has 5 nitrogen and oxygen atoms in total. The average molecular weight is 304 g/mol. The van der Waals surface area contributed by atoms with Crippen molar-refractivity contribution in [2.75, 3.05) is 12.4 Å². The van der Waals surface area contributed by atoms with E-state index >= 15 is 0 Å². The smallest absolute Gasteiger partial charge is 0.154 e. The Morgan fingerprint density at radius 2 is 1.91 bits per heavy atom. The minimum atomic E-state index is 0.708. The van der Waals surface area contributed by atoms with Crippen molar-refractivity contribution < 1.29 is 4.74 Å². The number of nitrogens with one attached hydrogen (secondary N) is 2. The van der Waals surface area contributed by atoms with Crippen molar-refractivity contribution in [3.05, 3.63) is 60.4 Å². The van der Waals surface area contributed by atoms with Crippen LogP contribution in [0.3, 0.4) is 0 Å². The van der Waals surface area contributed by atoms with Crippen molar-refractivity contribution in [3.63, 3.8) is 0 Å². The van der Waals surface area contributed by atoms with Gasteiger partial charge in [-0.25, -0.2) is 9.97 Å². The van der Waals surface area contributed by atoms with E-state index in [0.717, 1.165) is 33.5 Å². The summed E-state index contributed by atoms with van der Waals surface area (Å²) in [7, 11) is 1.67. The number of aromatic amines is 1. The molecule has 0 radical (unpaired) electrons. The summed E-state index contributed by atoms with van der Waals surface area (Å²) < 4.78 is 5.46. The summed E-state index contributed by atoms with van der Waals surface area (Å²) in [6.07, 6.45) is 1.58. The summed E-state index contributed by atoms with van der Waals surface area (Å²) >= 11 is 0. The molecule has 2 aromatic heterocycles. The molecule has 23 heavy (non-hydrogen) atoms. The van der Waals surface area contributed by atoms with Gasteiger partial charge in [0.05, 0.1) is 18.0 Å². The van der Waals surface area contributed by atoms with Crippen LogP contribution in [0.25, 0.3) is 21.9 Å². The second kappa shape index (κ2) is 5.61. The summed E-state index contributed by atoms with van der Waals surface area (Å²) in [5.41, 5.74) is 3.95. The molecular formula is C18H16N4O. The van der Waals surface area contributed by atoms with Crippen LogP contribution in [0, 0.1) is 0 Å². The second-order valence-corrected chi connectivity index (χ2v) is 5.29. The molecule has 0 spiro atoms. The average Bonchev–Trinajstić information content (AvgIpc) is 3.00. The highest BCUT2D eigenvalue weighted by atomic mass is 16.5. The molecule has 2 aromatic carbocycles. The molecule has 2 N–H and O–H groups in total. The molecule has 0 aliphatic carbocycles. The number of H-pyrrole nitrogens is 1. The number of hydrogen-bond donors (Lipinski definition) is 2. The van der Waals surface area contributed by atoms with E-state index in [1.54, 1.807) is 13.4 Å². The first kappa shape index (κ1) is 13.6. The van der Waals surface area contributed by atoms with E-state index in [-0.39, 0.29) is 0 Å². The van der Waals surface area contributed by atoms with Crippen LogP contribution >= 0.6 is 0 Å². The van der Waals surface area contributed by atoms with Gasteiger partial charge in [-0.1, -0.05) is 36.4 Å². The second-order valence-electron chi connectivity index (χ2n) is 5.29. The van der Waals surface area contributed by atoms with E-state index < -0.39 is 0 Å². The Kier molecular flexibility index (Phi) is 3.31. The summed E-state index contributed by atoms with van der Waals surface area (Å²) in [6.45, 7) is 0.708. The molecule has 0 saturated carbocycles. The van der Waals surface area contributed by atoms with Crippen molar-refractivity contribution in [2.45, 2.75) is 6.54 Å². The molecule has 0 atom stereocenters. The zero-order chi connectivity index (χ0) is 15.6. The zero-order valence-corrected chi connectivity index (χ0v) is 12.7. The fourth-order valence-electron chi connectivity index (χ4n) is 2.79.